The van der Waals surface area contributed by atoms with E-state index in [-0.39, 0.29) is 0 Å². The number of esters is 1. The maximum atomic E-state index is 12.0. The van der Waals surface area contributed by atoms with Gasteiger partial charge in [-0.05, 0) is 33.8 Å². The predicted octanol–water partition coefficient (Wildman–Crippen LogP) is 2.86. The van der Waals surface area contributed by atoms with E-state index in [0.717, 1.165) is 0 Å². The summed E-state index contributed by atoms with van der Waals surface area (Å²) in [5.41, 5.74) is 4.78. The first-order valence-electron chi connectivity index (χ1n) is 5.42. The van der Waals surface area contributed by atoms with Gasteiger partial charge in [0.05, 0.1) is 0 Å². The van der Waals surface area contributed by atoms with Gasteiger partial charge in [0.25, 0.3) is 0 Å². The molecule has 4 heteroatoms. The molecule has 0 fully saturated rings. The van der Waals surface area contributed by atoms with Gasteiger partial charge in [-0.2, -0.15) is 0 Å². The van der Waals surface area contributed by atoms with Crippen LogP contribution < -0.4 is 5.73 Å². The maximum absolute atomic E-state index is 12.0. The van der Waals surface area contributed by atoms with Crippen molar-refractivity contribution in [3.8, 4) is 0 Å². The monoisotopic (exact) mass is 255 g/mol. The quantitative estimate of drug-likeness (QED) is 0.827. The Bertz CT molecular complexity index is 422. The lowest BCUT2D eigenvalue weighted by molar-refractivity contribution is -0.161. The average molecular weight is 256 g/mol. The van der Waals surface area contributed by atoms with Gasteiger partial charge in [-0.25, -0.2) is 4.79 Å². The molecule has 0 aliphatic heterocycles. The number of benzene rings is 1. The van der Waals surface area contributed by atoms with Gasteiger partial charge >= 0.3 is 5.97 Å². The Morgan fingerprint density at radius 3 is 2.24 bits per heavy atom. The third kappa shape index (κ3) is 3.45. The molecule has 1 unspecified atom stereocenters. The smallest absolute Gasteiger partial charge is 0.331 e. The number of nitrogens with two attached hydrogens (primary N) is 1. The van der Waals surface area contributed by atoms with E-state index < -0.39 is 17.1 Å². The summed E-state index contributed by atoms with van der Waals surface area (Å²) < 4.78 is 5.29. The summed E-state index contributed by atoms with van der Waals surface area (Å²) >= 11 is 6.04. The van der Waals surface area contributed by atoms with E-state index >= 15 is 0 Å². The molecule has 0 aliphatic carbocycles. The van der Waals surface area contributed by atoms with E-state index in [0.29, 0.717) is 10.6 Å². The first kappa shape index (κ1) is 14.0. The summed E-state index contributed by atoms with van der Waals surface area (Å²) in [5.74, 6) is -0.488. The summed E-state index contributed by atoms with van der Waals surface area (Å²) in [5, 5.41) is 0.461. The highest BCUT2D eigenvalue weighted by Crippen LogP contribution is 2.28. The Balaban J connectivity index is 3.03. The molecule has 1 atom stereocenters. The van der Waals surface area contributed by atoms with Crippen molar-refractivity contribution in [3.63, 3.8) is 0 Å². The van der Waals surface area contributed by atoms with Crippen molar-refractivity contribution in [1.29, 1.82) is 0 Å². The minimum atomic E-state index is -1.24. The summed E-state index contributed by atoms with van der Waals surface area (Å²) in [4.78, 5) is 12.0. The zero-order chi connectivity index (χ0) is 13.3. The van der Waals surface area contributed by atoms with Crippen molar-refractivity contribution in [2.45, 2.75) is 38.8 Å². The molecular weight excluding hydrogens is 238 g/mol. The fourth-order valence-corrected chi connectivity index (χ4v) is 1.71. The zero-order valence-electron chi connectivity index (χ0n) is 10.6. The number of halogens is 1. The number of rotatable bonds is 2. The van der Waals surface area contributed by atoms with E-state index in [2.05, 4.69) is 0 Å². The highest BCUT2D eigenvalue weighted by molar-refractivity contribution is 6.31. The van der Waals surface area contributed by atoms with E-state index in [1.54, 1.807) is 52.0 Å². The van der Waals surface area contributed by atoms with Gasteiger partial charge in [0, 0.05) is 10.6 Å². The molecular formula is C13H18ClNO2. The van der Waals surface area contributed by atoms with Crippen LogP contribution in [0, 0.1) is 0 Å². The molecule has 0 amide bonds. The summed E-state index contributed by atoms with van der Waals surface area (Å²) in [6, 6.07) is 7.01. The van der Waals surface area contributed by atoms with Gasteiger partial charge in [-0.3, -0.25) is 0 Å². The average Bonchev–Trinajstić information content (AvgIpc) is 2.15. The van der Waals surface area contributed by atoms with Crippen molar-refractivity contribution < 1.29 is 9.53 Å². The van der Waals surface area contributed by atoms with Crippen LogP contribution in [0.3, 0.4) is 0 Å². The molecule has 94 valence electrons. The summed E-state index contributed by atoms with van der Waals surface area (Å²) in [6.07, 6.45) is 0. The lowest BCUT2D eigenvalue weighted by atomic mass is 9.93. The molecule has 0 spiro atoms. The molecule has 0 saturated heterocycles. The number of hydrogen-bond donors (Lipinski definition) is 1. The molecule has 0 radical (unpaired) electrons. The predicted molar refractivity (Wildman–Crippen MR) is 68.8 cm³/mol. The molecule has 0 aliphatic rings. The number of carbonyl (C=O) groups is 1. The van der Waals surface area contributed by atoms with E-state index in [9.17, 15) is 4.79 Å². The second kappa shape index (κ2) is 4.67. The standard InChI is InChI=1S/C13H18ClNO2/c1-12(2,3)17-11(16)13(4,15)9-7-5-6-8-10(9)14/h5-8H,15H2,1-4H3. The molecule has 3 nitrogen and oxygen atoms in total. The number of ether oxygens (including phenoxy) is 1. The maximum Gasteiger partial charge on any atom is 0.331 e. The Morgan fingerprint density at radius 1 is 1.24 bits per heavy atom. The first-order valence-corrected chi connectivity index (χ1v) is 5.80. The van der Waals surface area contributed by atoms with Crippen molar-refractivity contribution in [2.75, 3.05) is 0 Å². The van der Waals surface area contributed by atoms with Crippen LogP contribution in [0.15, 0.2) is 24.3 Å². The van der Waals surface area contributed by atoms with Gasteiger partial charge in [0.2, 0.25) is 0 Å². The zero-order valence-corrected chi connectivity index (χ0v) is 11.3. The van der Waals surface area contributed by atoms with Gasteiger partial charge in [-0.1, -0.05) is 29.8 Å². The lowest BCUT2D eigenvalue weighted by Crippen LogP contribution is -2.46. The first-order chi connectivity index (χ1) is 7.64. The van der Waals surface area contributed by atoms with Gasteiger partial charge in [0.1, 0.15) is 11.1 Å². The largest absolute Gasteiger partial charge is 0.458 e. The Hall–Kier alpha value is -1.06. The van der Waals surface area contributed by atoms with Crippen molar-refractivity contribution in [1.82, 2.24) is 0 Å². The minimum Gasteiger partial charge on any atom is -0.458 e. The van der Waals surface area contributed by atoms with Crippen LogP contribution in [0.5, 0.6) is 0 Å². The van der Waals surface area contributed by atoms with Crippen LogP contribution in [-0.4, -0.2) is 11.6 Å². The fraction of sp³-hybridized carbons (Fsp3) is 0.462. The third-order valence-electron chi connectivity index (χ3n) is 2.26. The Kier molecular flexibility index (Phi) is 3.84. The molecule has 2 N–H and O–H groups in total. The van der Waals surface area contributed by atoms with Crippen LogP contribution in [0.25, 0.3) is 0 Å². The molecule has 0 heterocycles. The van der Waals surface area contributed by atoms with Gasteiger partial charge < -0.3 is 10.5 Å². The van der Waals surface area contributed by atoms with Crippen LogP contribution >= 0.6 is 11.6 Å². The second-order valence-electron chi connectivity index (χ2n) is 5.18. The topological polar surface area (TPSA) is 52.3 Å². The van der Waals surface area contributed by atoms with Crippen molar-refractivity contribution in [2.24, 2.45) is 5.73 Å². The Morgan fingerprint density at radius 2 is 1.76 bits per heavy atom. The van der Waals surface area contributed by atoms with E-state index in [1.165, 1.54) is 0 Å². The molecule has 17 heavy (non-hydrogen) atoms. The molecule has 1 rings (SSSR count). The number of carbonyl (C=O) groups excluding carboxylic acids is 1. The Labute approximate surface area is 107 Å². The minimum absolute atomic E-state index is 0.461. The van der Waals surface area contributed by atoms with E-state index in [1.807, 2.05) is 0 Å². The molecule has 0 aromatic heterocycles. The van der Waals surface area contributed by atoms with Crippen molar-refractivity contribution in [3.05, 3.63) is 34.9 Å². The van der Waals surface area contributed by atoms with Gasteiger partial charge in [-0.15, -0.1) is 0 Å². The third-order valence-corrected chi connectivity index (χ3v) is 2.59. The van der Waals surface area contributed by atoms with Crippen molar-refractivity contribution >= 4 is 17.6 Å². The molecule has 1 aromatic carbocycles. The lowest BCUT2D eigenvalue weighted by Gasteiger charge is -2.29. The highest BCUT2D eigenvalue weighted by atomic mass is 35.5. The molecule has 1 aromatic rings. The summed E-state index contributed by atoms with van der Waals surface area (Å²) in [6.45, 7) is 7.00. The normalized spacial score (nSPS) is 15.2. The summed E-state index contributed by atoms with van der Waals surface area (Å²) in [7, 11) is 0. The number of hydrogen-bond acceptors (Lipinski definition) is 3. The highest BCUT2D eigenvalue weighted by Gasteiger charge is 2.36. The van der Waals surface area contributed by atoms with E-state index in [4.69, 9.17) is 22.1 Å². The van der Waals surface area contributed by atoms with Crippen LogP contribution in [0.1, 0.15) is 33.3 Å². The van der Waals surface area contributed by atoms with Crippen LogP contribution in [-0.2, 0) is 15.1 Å². The molecule has 0 saturated carbocycles. The fourth-order valence-electron chi connectivity index (χ4n) is 1.38. The molecule has 0 bridgehead atoms. The van der Waals surface area contributed by atoms with Crippen LogP contribution in [0.2, 0.25) is 5.02 Å². The van der Waals surface area contributed by atoms with Gasteiger partial charge in [0.15, 0.2) is 0 Å². The van der Waals surface area contributed by atoms with Crippen LogP contribution in [0.4, 0.5) is 0 Å². The SMILES string of the molecule is CC(C)(C)OC(=O)C(C)(N)c1ccccc1Cl. The second-order valence-corrected chi connectivity index (χ2v) is 5.59.